The summed E-state index contributed by atoms with van der Waals surface area (Å²) in [6.07, 6.45) is 3.92. The van der Waals surface area contributed by atoms with Gasteiger partial charge >= 0.3 is 5.97 Å². The number of hydrogen-bond donors (Lipinski definition) is 1. The van der Waals surface area contributed by atoms with Gasteiger partial charge < -0.3 is 14.9 Å². The quantitative estimate of drug-likeness (QED) is 0.730. The minimum Gasteiger partial charge on any atom is -0.478 e. The molecule has 0 unspecified atom stereocenters. The maximum Gasteiger partial charge on any atom is 0.328 e. The Labute approximate surface area is 102 Å². The molecule has 0 aromatic carbocycles. The van der Waals surface area contributed by atoms with E-state index in [4.69, 9.17) is 5.11 Å². The SMILES string of the molecule is CCN1CCC(N(C)C(=O)/C=C/C(=O)O)CC1. The molecule has 1 rings (SSSR count). The van der Waals surface area contributed by atoms with E-state index in [1.165, 1.54) is 0 Å². The third-order valence-corrected chi connectivity index (χ3v) is 3.27. The van der Waals surface area contributed by atoms with Crippen molar-refractivity contribution in [3.05, 3.63) is 12.2 Å². The number of piperidine rings is 1. The Morgan fingerprint density at radius 2 is 1.94 bits per heavy atom. The van der Waals surface area contributed by atoms with Crippen molar-refractivity contribution in [2.75, 3.05) is 26.7 Å². The number of hydrogen-bond acceptors (Lipinski definition) is 3. The molecule has 96 valence electrons. The summed E-state index contributed by atoms with van der Waals surface area (Å²) in [5.41, 5.74) is 0. The first-order chi connectivity index (χ1) is 8.04. The Bertz CT molecular complexity index is 307. The average Bonchev–Trinajstić information content (AvgIpc) is 2.35. The number of carbonyl (C=O) groups is 2. The molecule has 5 heteroatoms. The van der Waals surface area contributed by atoms with E-state index in [0.717, 1.165) is 44.6 Å². The van der Waals surface area contributed by atoms with Crippen LogP contribution in [0.1, 0.15) is 19.8 Å². The first-order valence-electron chi connectivity index (χ1n) is 5.94. The van der Waals surface area contributed by atoms with Gasteiger partial charge in [0.2, 0.25) is 5.91 Å². The predicted octanol–water partition coefficient (Wildman–Crippen LogP) is 0.570. The summed E-state index contributed by atoms with van der Waals surface area (Å²) in [5, 5.41) is 8.46. The lowest BCUT2D eigenvalue weighted by Crippen LogP contribution is -2.45. The van der Waals surface area contributed by atoms with Gasteiger partial charge in [0.1, 0.15) is 0 Å². The molecule has 0 spiro atoms. The summed E-state index contributed by atoms with van der Waals surface area (Å²) >= 11 is 0. The second-order valence-electron chi connectivity index (χ2n) is 4.29. The van der Waals surface area contributed by atoms with E-state index in [1.807, 2.05) is 0 Å². The van der Waals surface area contributed by atoms with E-state index in [-0.39, 0.29) is 11.9 Å². The van der Waals surface area contributed by atoms with Crippen LogP contribution in [0, 0.1) is 0 Å². The molecule has 0 atom stereocenters. The van der Waals surface area contributed by atoms with Crippen LogP contribution >= 0.6 is 0 Å². The standard InChI is InChI=1S/C12H20N2O3/c1-3-14-8-6-10(7-9-14)13(2)11(15)4-5-12(16)17/h4-5,10H,3,6-9H2,1-2H3,(H,16,17)/b5-4+. The van der Waals surface area contributed by atoms with Gasteiger partial charge in [-0.3, -0.25) is 4.79 Å². The highest BCUT2D eigenvalue weighted by Gasteiger charge is 2.23. The molecule has 0 saturated carbocycles. The molecular formula is C12H20N2O3. The molecule has 1 aliphatic heterocycles. The highest BCUT2D eigenvalue weighted by atomic mass is 16.4. The molecule has 0 aromatic rings. The van der Waals surface area contributed by atoms with Gasteiger partial charge in [-0.25, -0.2) is 4.79 Å². The van der Waals surface area contributed by atoms with Crippen molar-refractivity contribution < 1.29 is 14.7 Å². The summed E-state index contributed by atoms with van der Waals surface area (Å²) in [5.74, 6) is -1.32. The molecule has 1 fully saturated rings. The zero-order valence-electron chi connectivity index (χ0n) is 10.4. The minimum atomic E-state index is -1.09. The van der Waals surface area contributed by atoms with Crippen molar-refractivity contribution in [1.29, 1.82) is 0 Å². The van der Waals surface area contributed by atoms with Crippen LogP contribution in [0.25, 0.3) is 0 Å². The van der Waals surface area contributed by atoms with Gasteiger partial charge in [-0.05, 0) is 19.4 Å². The Balaban J connectivity index is 2.45. The first-order valence-corrected chi connectivity index (χ1v) is 5.94. The number of likely N-dealkylation sites (tertiary alicyclic amines) is 1. The van der Waals surface area contributed by atoms with E-state index in [1.54, 1.807) is 11.9 Å². The van der Waals surface area contributed by atoms with E-state index < -0.39 is 5.97 Å². The van der Waals surface area contributed by atoms with Crippen molar-refractivity contribution >= 4 is 11.9 Å². The number of carboxylic acids is 1. The second-order valence-corrected chi connectivity index (χ2v) is 4.29. The monoisotopic (exact) mass is 240 g/mol. The Hall–Kier alpha value is -1.36. The Morgan fingerprint density at radius 3 is 2.41 bits per heavy atom. The molecule has 0 radical (unpaired) electrons. The van der Waals surface area contributed by atoms with Gasteiger partial charge in [0.25, 0.3) is 0 Å². The fourth-order valence-corrected chi connectivity index (χ4v) is 2.06. The smallest absolute Gasteiger partial charge is 0.328 e. The average molecular weight is 240 g/mol. The normalized spacial score (nSPS) is 18.5. The van der Waals surface area contributed by atoms with Crippen molar-refractivity contribution in [3.63, 3.8) is 0 Å². The summed E-state index contributed by atoms with van der Waals surface area (Å²) in [6.45, 7) is 5.18. The second kappa shape index (κ2) is 6.39. The van der Waals surface area contributed by atoms with Gasteiger partial charge in [-0.1, -0.05) is 6.92 Å². The number of aliphatic carboxylic acids is 1. The van der Waals surface area contributed by atoms with Gasteiger partial charge in [-0.15, -0.1) is 0 Å². The zero-order chi connectivity index (χ0) is 12.8. The minimum absolute atomic E-state index is 0.226. The van der Waals surface area contributed by atoms with E-state index in [9.17, 15) is 9.59 Å². The topological polar surface area (TPSA) is 60.9 Å². The Morgan fingerprint density at radius 1 is 1.35 bits per heavy atom. The maximum absolute atomic E-state index is 11.7. The highest BCUT2D eigenvalue weighted by molar-refractivity contribution is 5.93. The van der Waals surface area contributed by atoms with Crippen LogP contribution in [0.4, 0.5) is 0 Å². The van der Waals surface area contributed by atoms with Crippen molar-refractivity contribution in [3.8, 4) is 0 Å². The van der Waals surface area contributed by atoms with Crippen molar-refractivity contribution in [1.82, 2.24) is 9.80 Å². The van der Waals surface area contributed by atoms with Crippen molar-refractivity contribution in [2.24, 2.45) is 0 Å². The fraction of sp³-hybridized carbons (Fsp3) is 0.667. The van der Waals surface area contributed by atoms with Crippen molar-refractivity contribution in [2.45, 2.75) is 25.8 Å². The van der Waals surface area contributed by atoms with Crippen LogP contribution in [0.2, 0.25) is 0 Å². The molecule has 0 bridgehead atoms. The number of nitrogens with zero attached hydrogens (tertiary/aromatic N) is 2. The molecule has 1 saturated heterocycles. The Kier molecular flexibility index (Phi) is 5.15. The van der Waals surface area contributed by atoms with E-state index in [0.29, 0.717) is 0 Å². The molecular weight excluding hydrogens is 220 g/mol. The van der Waals surface area contributed by atoms with Crippen LogP contribution in [-0.2, 0) is 9.59 Å². The summed E-state index contributed by atoms with van der Waals surface area (Å²) in [6, 6.07) is 0.226. The molecule has 1 aliphatic rings. The van der Waals surface area contributed by atoms with Gasteiger partial charge in [0, 0.05) is 38.3 Å². The number of likely N-dealkylation sites (N-methyl/N-ethyl adjacent to an activating group) is 1. The molecule has 5 nitrogen and oxygen atoms in total. The summed E-state index contributed by atoms with van der Waals surface area (Å²) < 4.78 is 0. The highest BCUT2D eigenvalue weighted by Crippen LogP contribution is 2.15. The number of rotatable bonds is 4. The van der Waals surface area contributed by atoms with E-state index >= 15 is 0 Å². The van der Waals surface area contributed by atoms with Crippen LogP contribution in [-0.4, -0.2) is 59.5 Å². The summed E-state index contributed by atoms with van der Waals surface area (Å²) in [7, 11) is 1.74. The zero-order valence-corrected chi connectivity index (χ0v) is 10.4. The van der Waals surface area contributed by atoms with Crippen LogP contribution in [0.15, 0.2) is 12.2 Å². The number of carboxylic acid groups (broad SMARTS) is 1. The van der Waals surface area contributed by atoms with Crippen LogP contribution in [0.5, 0.6) is 0 Å². The number of amides is 1. The maximum atomic E-state index is 11.7. The third-order valence-electron chi connectivity index (χ3n) is 3.27. The third kappa shape index (κ3) is 4.19. The number of carbonyl (C=O) groups excluding carboxylic acids is 1. The predicted molar refractivity (Wildman–Crippen MR) is 64.7 cm³/mol. The molecule has 0 aromatic heterocycles. The lowest BCUT2D eigenvalue weighted by molar-refractivity contribution is -0.132. The first kappa shape index (κ1) is 13.7. The molecule has 1 amide bonds. The lowest BCUT2D eigenvalue weighted by atomic mass is 10.0. The molecule has 1 heterocycles. The largest absolute Gasteiger partial charge is 0.478 e. The molecule has 17 heavy (non-hydrogen) atoms. The molecule has 1 N–H and O–H groups in total. The van der Waals surface area contributed by atoms with Gasteiger partial charge in [0.05, 0.1) is 0 Å². The summed E-state index contributed by atoms with van der Waals surface area (Å²) in [4.78, 5) is 26.0. The van der Waals surface area contributed by atoms with Crippen LogP contribution in [0.3, 0.4) is 0 Å². The van der Waals surface area contributed by atoms with Gasteiger partial charge in [-0.2, -0.15) is 0 Å². The van der Waals surface area contributed by atoms with Crippen LogP contribution < -0.4 is 0 Å². The van der Waals surface area contributed by atoms with Gasteiger partial charge in [0.15, 0.2) is 0 Å². The molecule has 0 aliphatic carbocycles. The lowest BCUT2D eigenvalue weighted by Gasteiger charge is -2.35. The fourth-order valence-electron chi connectivity index (χ4n) is 2.06. The van der Waals surface area contributed by atoms with E-state index in [2.05, 4.69) is 11.8 Å².